The lowest BCUT2D eigenvalue weighted by Gasteiger charge is -1.86. The minimum Gasteiger partial charge on any atom is -0.493 e. The van der Waals surface area contributed by atoms with Gasteiger partial charge in [0.1, 0.15) is 0 Å². The second-order valence-corrected chi connectivity index (χ2v) is 2.25. The zero-order valence-corrected chi connectivity index (χ0v) is 5.59. The highest BCUT2D eigenvalue weighted by molar-refractivity contribution is 9.10. The molecule has 0 atom stereocenters. The van der Waals surface area contributed by atoms with Crippen LogP contribution in [0.5, 0.6) is 5.88 Å². The van der Waals surface area contributed by atoms with Crippen molar-refractivity contribution in [3.8, 4) is 5.88 Å². The first kappa shape index (κ1) is 8.43. The third kappa shape index (κ3) is 2.46. The zero-order valence-electron chi connectivity index (χ0n) is 4.00. The highest BCUT2D eigenvalue weighted by atomic mass is 79.9. The molecule has 1 rings (SSSR count). The number of hydrogen-bond donors (Lipinski definition) is 1. The number of hydrogen-bond acceptors (Lipinski definition) is 2. The quantitative estimate of drug-likeness (QED) is 0.680. The molecule has 50 valence electrons. The molecule has 9 heavy (non-hydrogen) atoms. The van der Waals surface area contributed by atoms with Crippen LogP contribution in [0.15, 0.2) is 22.8 Å². The van der Waals surface area contributed by atoms with E-state index in [1.165, 1.54) is 12.3 Å². The molecule has 0 bridgehead atoms. The molecule has 3 heteroatoms. The van der Waals surface area contributed by atoms with Gasteiger partial charge >= 0.3 is 0 Å². The maximum Gasteiger partial charge on any atom is 0.210 e. The summed E-state index contributed by atoms with van der Waals surface area (Å²) >= 11 is 3.17. The van der Waals surface area contributed by atoms with Gasteiger partial charge in [0, 0.05) is 16.7 Å². The molecule has 0 unspecified atom stereocenters. The lowest BCUT2D eigenvalue weighted by atomic mass is 10.5. The van der Waals surface area contributed by atoms with Crippen molar-refractivity contribution in [1.82, 2.24) is 4.98 Å². The van der Waals surface area contributed by atoms with E-state index in [-0.39, 0.29) is 13.3 Å². The van der Waals surface area contributed by atoms with Gasteiger partial charge in [-0.3, -0.25) is 0 Å². The summed E-state index contributed by atoms with van der Waals surface area (Å²) in [6, 6.07) is 3.24. The summed E-state index contributed by atoms with van der Waals surface area (Å²) in [6.45, 7) is 0. The van der Waals surface area contributed by atoms with E-state index in [1.807, 2.05) is 0 Å². The van der Waals surface area contributed by atoms with Gasteiger partial charge in [-0.25, -0.2) is 4.98 Å². The second kappa shape index (κ2) is 3.45. The van der Waals surface area contributed by atoms with Gasteiger partial charge in [0.2, 0.25) is 5.88 Å². The summed E-state index contributed by atoms with van der Waals surface area (Å²) in [7, 11) is 0. The van der Waals surface area contributed by atoms with Crippen molar-refractivity contribution in [1.29, 1.82) is 0 Å². The Morgan fingerprint density at radius 3 is 2.44 bits per heavy atom. The Morgan fingerprint density at radius 2 is 2.11 bits per heavy atom. The van der Waals surface area contributed by atoms with Gasteiger partial charge in [0.15, 0.2) is 0 Å². The predicted molar refractivity (Wildman–Crippen MR) is 40.3 cm³/mol. The van der Waals surface area contributed by atoms with Gasteiger partial charge in [-0.15, -0.1) is 0 Å². The SMILES string of the molecule is C.Oc1ccc(Br)cn1. The minimum absolute atomic E-state index is 0. The van der Waals surface area contributed by atoms with Gasteiger partial charge in [-0.1, -0.05) is 7.43 Å². The van der Waals surface area contributed by atoms with Gasteiger partial charge in [-0.2, -0.15) is 0 Å². The molecular formula is C6H8BrNO. The van der Waals surface area contributed by atoms with E-state index < -0.39 is 0 Å². The number of halogens is 1. The topological polar surface area (TPSA) is 33.1 Å². The third-order valence-corrected chi connectivity index (χ3v) is 1.18. The van der Waals surface area contributed by atoms with Crippen LogP contribution in [-0.4, -0.2) is 10.1 Å². The Balaban J connectivity index is 0.000000640. The van der Waals surface area contributed by atoms with Crippen LogP contribution in [0.3, 0.4) is 0 Å². The third-order valence-electron chi connectivity index (χ3n) is 0.712. The molecule has 0 amide bonds. The summed E-state index contributed by atoms with van der Waals surface area (Å²) in [6.07, 6.45) is 1.54. The summed E-state index contributed by atoms with van der Waals surface area (Å²) in [5, 5.41) is 8.62. The first-order chi connectivity index (χ1) is 3.79. The molecule has 0 saturated heterocycles. The van der Waals surface area contributed by atoms with Crippen molar-refractivity contribution >= 4 is 15.9 Å². The molecular weight excluding hydrogens is 182 g/mol. The Morgan fingerprint density at radius 1 is 1.44 bits per heavy atom. The molecule has 1 aromatic heterocycles. The fraction of sp³-hybridized carbons (Fsp3) is 0.167. The molecule has 0 saturated carbocycles. The molecule has 1 heterocycles. The fourth-order valence-corrected chi connectivity index (χ4v) is 0.603. The highest BCUT2D eigenvalue weighted by Gasteiger charge is 1.85. The molecule has 0 aliphatic heterocycles. The molecule has 0 radical (unpaired) electrons. The summed E-state index contributed by atoms with van der Waals surface area (Å²) < 4.78 is 0.871. The van der Waals surface area contributed by atoms with Crippen molar-refractivity contribution in [3.05, 3.63) is 22.8 Å². The first-order valence-corrected chi connectivity index (χ1v) is 2.89. The predicted octanol–water partition coefficient (Wildman–Crippen LogP) is 2.19. The smallest absolute Gasteiger partial charge is 0.210 e. The molecule has 0 aliphatic rings. The molecule has 0 aromatic carbocycles. The van der Waals surface area contributed by atoms with Crippen LogP contribution in [0.25, 0.3) is 0 Å². The van der Waals surface area contributed by atoms with E-state index in [4.69, 9.17) is 5.11 Å². The van der Waals surface area contributed by atoms with Crippen molar-refractivity contribution in [2.75, 3.05) is 0 Å². The lowest BCUT2D eigenvalue weighted by molar-refractivity contribution is 0.453. The first-order valence-electron chi connectivity index (χ1n) is 2.09. The number of aromatic nitrogens is 1. The summed E-state index contributed by atoms with van der Waals surface area (Å²) in [5.41, 5.74) is 0. The van der Waals surface area contributed by atoms with Crippen LogP contribution in [0.1, 0.15) is 7.43 Å². The van der Waals surface area contributed by atoms with E-state index in [2.05, 4.69) is 20.9 Å². The van der Waals surface area contributed by atoms with Crippen molar-refractivity contribution in [2.24, 2.45) is 0 Å². The van der Waals surface area contributed by atoms with E-state index >= 15 is 0 Å². The molecule has 0 spiro atoms. The standard InChI is InChI=1S/C5H4BrNO.CH4/c6-4-1-2-5(8)7-3-4;/h1-3H,(H,7,8);1H4. The highest BCUT2D eigenvalue weighted by Crippen LogP contribution is 2.09. The van der Waals surface area contributed by atoms with E-state index in [0.717, 1.165) is 4.47 Å². The Labute approximate surface area is 62.7 Å². The Hall–Kier alpha value is -0.570. The number of nitrogens with zero attached hydrogens (tertiary/aromatic N) is 1. The monoisotopic (exact) mass is 189 g/mol. The molecule has 1 aromatic rings. The molecule has 0 aliphatic carbocycles. The Kier molecular flexibility index (Phi) is 3.24. The fourth-order valence-electron chi connectivity index (χ4n) is 0.368. The maximum absolute atomic E-state index is 8.62. The van der Waals surface area contributed by atoms with Crippen molar-refractivity contribution < 1.29 is 5.11 Å². The van der Waals surface area contributed by atoms with E-state index in [1.54, 1.807) is 6.07 Å². The second-order valence-electron chi connectivity index (χ2n) is 1.33. The van der Waals surface area contributed by atoms with Gasteiger partial charge in [0.05, 0.1) is 0 Å². The van der Waals surface area contributed by atoms with Crippen LogP contribution in [0.4, 0.5) is 0 Å². The van der Waals surface area contributed by atoms with Crippen molar-refractivity contribution in [2.45, 2.75) is 7.43 Å². The zero-order chi connectivity index (χ0) is 5.98. The van der Waals surface area contributed by atoms with E-state index in [0.29, 0.717) is 0 Å². The minimum atomic E-state index is 0. The van der Waals surface area contributed by atoms with Crippen LogP contribution in [0.2, 0.25) is 0 Å². The van der Waals surface area contributed by atoms with Crippen LogP contribution in [0, 0.1) is 0 Å². The average molecular weight is 190 g/mol. The van der Waals surface area contributed by atoms with Crippen LogP contribution >= 0.6 is 15.9 Å². The lowest BCUT2D eigenvalue weighted by Crippen LogP contribution is -1.69. The van der Waals surface area contributed by atoms with E-state index in [9.17, 15) is 0 Å². The average Bonchev–Trinajstić information content (AvgIpc) is 1.77. The molecule has 1 N–H and O–H groups in total. The Bertz CT molecular complexity index is 152. The summed E-state index contributed by atoms with van der Waals surface area (Å²) in [5.74, 6) is 0.0493. The van der Waals surface area contributed by atoms with Gasteiger partial charge < -0.3 is 5.11 Å². The van der Waals surface area contributed by atoms with Crippen LogP contribution in [-0.2, 0) is 0 Å². The number of pyridine rings is 1. The summed E-state index contributed by atoms with van der Waals surface area (Å²) in [4.78, 5) is 3.59. The van der Waals surface area contributed by atoms with Gasteiger partial charge in [0.25, 0.3) is 0 Å². The molecule has 0 fully saturated rings. The normalized spacial score (nSPS) is 8.11. The molecule has 2 nitrogen and oxygen atoms in total. The maximum atomic E-state index is 8.62. The van der Waals surface area contributed by atoms with Crippen LogP contribution < -0.4 is 0 Å². The van der Waals surface area contributed by atoms with Gasteiger partial charge in [-0.05, 0) is 22.0 Å². The largest absolute Gasteiger partial charge is 0.493 e. The number of aromatic hydroxyl groups is 1. The van der Waals surface area contributed by atoms with Crippen molar-refractivity contribution in [3.63, 3.8) is 0 Å². The number of rotatable bonds is 0.